The molecule has 0 nitrogen and oxygen atoms in total. The van der Waals surface area contributed by atoms with Crippen LogP contribution in [0.4, 0.5) is 0 Å². The summed E-state index contributed by atoms with van der Waals surface area (Å²) in [7, 11) is -1.14. The molecule has 0 spiro atoms. The Balaban J connectivity index is 2.67. The van der Waals surface area contributed by atoms with Crippen LogP contribution in [-0.4, -0.2) is 8.07 Å². The number of aryl methyl sites for hydroxylation is 1. The third-order valence-electron chi connectivity index (χ3n) is 3.94. The molecule has 1 heteroatoms. The molecule has 0 N–H and O–H groups in total. The van der Waals surface area contributed by atoms with Gasteiger partial charge in [-0.15, -0.1) is 0 Å². The zero-order valence-electron chi connectivity index (χ0n) is 11.5. The third-order valence-corrected chi connectivity index (χ3v) is 6.85. The van der Waals surface area contributed by atoms with Crippen LogP contribution in [0.15, 0.2) is 36.4 Å². The number of hydrogen-bond acceptors (Lipinski definition) is 0. The summed E-state index contributed by atoms with van der Waals surface area (Å²) in [6.07, 6.45) is 0. The van der Waals surface area contributed by atoms with Crippen molar-refractivity contribution in [3.05, 3.63) is 47.5 Å². The average Bonchev–Trinajstić information content (AvgIpc) is 2.28. The summed E-state index contributed by atoms with van der Waals surface area (Å²) in [5.74, 6) is 0. The lowest BCUT2D eigenvalue weighted by Crippen LogP contribution is -2.28. The minimum atomic E-state index is -1.14. The summed E-state index contributed by atoms with van der Waals surface area (Å²) in [5.41, 5.74) is 3.62. The second kappa shape index (κ2) is 4.30. The van der Waals surface area contributed by atoms with Crippen molar-refractivity contribution in [1.29, 1.82) is 0 Å². The minimum absolute atomic E-state index is 0.702. The fourth-order valence-corrected chi connectivity index (χ4v) is 3.50. The van der Waals surface area contributed by atoms with Gasteiger partial charge in [0.15, 0.2) is 0 Å². The normalized spacial score (nSPS) is 13.9. The van der Waals surface area contributed by atoms with E-state index in [9.17, 15) is 0 Å². The van der Waals surface area contributed by atoms with Crippen LogP contribution in [0.2, 0.25) is 19.6 Å². The summed E-state index contributed by atoms with van der Waals surface area (Å²) >= 11 is 0. The zero-order valence-corrected chi connectivity index (χ0v) is 12.5. The number of benzene rings is 2. The monoisotopic (exact) mass is 242 g/mol. The number of fused-ring (bicyclic) bond motifs is 1. The van der Waals surface area contributed by atoms with Crippen LogP contribution in [0.3, 0.4) is 0 Å². The summed E-state index contributed by atoms with van der Waals surface area (Å²) in [5, 5.41) is 2.86. The molecule has 1 atom stereocenters. The number of rotatable bonds is 2. The molecular weight excluding hydrogens is 220 g/mol. The number of hydrogen-bond donors (Lipinski definition) is 0. The summed E-state index contributed by atoms with van der Waals surface area (Å²) < 4.78 is 0. The molecule has 0 aromatic heterocycles. The fraction of sp³-hybridized carbons (Fsp3) is 0.375. The predicted octanol–water partition coefficient (Wildman–Crippen LogP) is 5.13. The molecule has 0 bridgehead atoms. The van der Waals surface area contributed by atoms with Crippen LogP contribution in [0.5, 0.6) is 0 Å². The fourth-order valence-electron chi connectivity index (χ4n) is 2.32. The van der Waals surface area contributed by atoms with E-state index >= 15 is 0 Å². The first-order valence-electron chi connectivity index (χ1n) is 6.39. The van der Waals surface area contributed by atoms with E-state index in [1.807, 2.05) is 0 Å². The molecule has 2 rings (SSSR count). The Kier molecular flexibility index (Phi) is 3.13. The van der Waals surface area contributed by atoms with E-state index in [0.29, 0.717) is 5.54 Å². The van der Waals surface area contributed by atoms with Crippen molar-refractivity contribution in [3.8, 4) is 0 Å². The maximum atomic E-state index is 2.45. The van der Waals surface area contributed by atoms with Gasteiger partial charge in [0, 0.05) is 0 Å². The molecule has 2 aromatic carbocycles. The van der Waals surface area contributed by atoms with Crippen molar-refractivity contribution in [1.82, 2.24) is 0 Å². The molecular formula is C16H22Si. The van der Waals surface area contributed by atoms with Gasteiger partial charge in [-0.05, 0) is 34.4 Å². The van der Waals surface area contributed by atoms with Crippen LogP contribution >= 0.6 is 0 Å². The molecule has 0 amide bonds. The van der Waals surface area contributed by atoms with Gasteiger partial charge in [-0.25, -0.2) is 0 Å². The third kappa shape index (κ3) is 2.30. The Hall–Kier alpha value is -1.08. The van der Waals surface area contributed by atoms with Crippen LogP contribution in [0.1, 0.15) is 23.6 Å². The van der Waals surface area contributed by atoms with E-state index < -0.39 is 8.07 Å². The Morgan fingerprint density at radius 1 is 0.882 bits per heavy atom. The molecule has 0 aliphatic rings. The smallest absolute Gasteiger partial charge is 0.0518 e. The highest BCUT2D eigenvalue weighted by Gasteiger charge is 2.25. The van der Waals surface area contributed by atoms with Crippen molar-refractivity contribution in [3.63, 3.8) is 0 Å². The molecule has 0 aliphatic carbocycles. The highest BCUT2D eigenvalue weighted by molar-refractivity contribution is 6.77. The largest absolute Gasteiger partial charge is 0.0691 e. The topological polar surface area (TPSA) is 0 Å². The van der Waals surface area contributed by atoms with Gasteiger partial charge in [0.1, 0.15) is 0 Å². The van der Waals surface area contributed by atoms with E-state index in [-0.39, 0.29) is 0 Å². The molecule has 0 unspecified atom stereocenters. The summed E-state index contributed by atoms with van der Waals surface area (Å²) in [6.45, 7) is 11.9. The highest BCUT2D eigenvalue weighted by atomic mass is 28.3. The molecule has 0 saturated heterocycles. The van der Waals surface area contributed by atoms with Crippen LogP contribution in [0.25, 0.3) is 10.8 Å². The summed E-state index contributed by atoms with van der Waals surface area (Å²) in [6, 6.07) is 13.4. The van der Waals surface area contributed by atoms with E-state index in [1.165, 1.54) is 21.9 Å². The lowest BCUT2D eigenvalue weighted by Gasteiger charge is -2.27. The van der Waals surface area contributed by atoms with Crippen LogP contribution in [0, 0.1) is 6.92 Å². The highest BCUT2D eigenvalue weighted by Crippen LogP contribution is 2.33. The maximum Gasteiger partial charge on any atom is 0.0518 e. The van der Waals surface area contributed by atoms with Gasteiger partial charge in [-0.1, -0.05) is 63.0 Å². The Morgan fingerprint density at radius 3 is 2.06 bits per heavy atom. The van der Waals surface area contributed by atoms with Gasteiger partial charge in [-0.2, -0.15) is 0 Å². The first-order chi connectivity index (χ1) is 7.91. The maximum absolute atomic E-state index is 2.45. The van der Waals surface area contributed by atoms with Crippen molar-refractivity contribution >= 4 is 18.8 Å². The van der Waals surface area contributed by atoms with E-state index in [0.717, 1.165) is 0 Å². The average molecular weight is 242 g/mol. The van der Waals surface area contributed by atoms with Gasteiger partial charge in [0.2, 0.25) is 0 Å². The molecule has 0 heterocycles. The second-order valence-electron chi connectivity index (χ2n) is 6.10. The zero-order chi connectivity index (χ0) is 12.6. The van der Waals surface area contributed by atoms with E-state index in [4.69, 9.17) is 0 Å². The molecule has 2 aromatic rings. The second-order valence-corrected chi connectivity index (χ2v) is 11.7. The molecule has 90 valence electrons. The standard InChI is InChI=1S/C16H22Si/c1-12-10-11-15(13(2)17(3,4)5)16-9-7-6-8-14(12)16/h6-11,13H,1-5H3/t13-/m1/s1. The summed E-state index contributed by atoms with van der Waals surface area (Å²) in [4.78, 5) is 0. The Bertz CT molecular complexity index is 535. The van der Waals surface area contributed by atoms with E-state index in [2.05, 4.69) is 69.9 Å². The molecule has 0 fully saturated rings. The minimum Gasteiger partial charge on any atom is -0.0691 e. The first kappa shape index (κ1) is 12.4. The molecule has 0 aliphatic heterocycles. The Morgan fingerprint density at radius 2 is 1.47 bits per heavy atom. The van der Waals surface area contributed by atoms with Gasteiger partial charge in [0.25, 0.3) is 0 Å². The van der Waals surface area contributed by atoms with Crippen molar-refractivity contribution in [2.45, 2.75) is 39.0 Å². The van der Waals surface area contributed by atoms with Crippen LogP contribution in [-0.2, 0) is 0 Å². The van der Waals surface area contributed by atoms with Crippen LogP contribution < -0.4 is 0 Å². The molecule has 0 radical (unpaired) electrons. The van der Waals surface area contributed by atoms with Crippen molar-refractivity contribution in [2.24, 2.45) is 0 Å². The van der Waals surface area contributed by atoms with Gasteiger partial charge in [-0.3, -0.25) is 0 Å². The van der Waals surface area contributed by atoms with Crippen molar-refractivity contribution in [2.75, 3.05) is 0 Å². The van der Waals surface area contributed by atoms with E-state index in [1.54, 1.807) is 0 Å². The SMILES string of the molecule is Cc1ccc([C@@H](C)[Si](C)(C)C)c2ccccc12. The predicted molar refractivity (Wildman–Crippen MR) is 80.4 cm³/mol. The lowest BCUT2D eigenvalue weighted by molar-refractivity contribution is 1.03. The molecule has 0 saturated carbocycles. The van der Waals surface area contributed by atoms with Gasteiger partial charge < -0.3 is 0 Å². The van der Waals surface area contributed by atoms with Gasteiger partial charge in [0.05, 0.1) is 8.07 Å². The van der Waals surface area contributed by atoms with Crippen molar-refractivity contribution < 1.29 is 0 Å². The molecule has 17 heavy (non-hydrogen) atoms. The van der Waals surface area contributed by atoms with Gasteiger partial charge >= 0.3 is 0 Å². The first-order valence-corrected chi connectivity index (χ1v) is 9.97. The quantitative estimate of drug-likeness (QED) is 0.640. The lowest BCUT2D eigenvalue weighted by atomic mass is 9.99. The Labute approximate surface area is 106 Å².